The molecule has 0 saturated carbocycles. The van der Waals surface area contributed by atoms with Crippen LogP contribution in [0.1, 0.15) is 37.1 Å². The van der Waals surface area contributed by atoms with Gasteiger partial charge in [-0.1, -0.05) is 13.8 Å². The molecule has 0 aliphatic rings. The summed E-state index contributed by atoms with van der Waals surface area (Å²) in [4.78, 5) is 11.3. The second-order valence-corrected chi connectivity index (χ2v) is 8.83. The van der Waals surface area contributed by atoms with Crippen molar-refractivity contribution < 1.29 is 23.1 Å². The van der Waals surface area contributed by atoms with Crippen LogP contribution in [0.3, 0.4) is 0 Å². The molecular formula is C24H21F3N4O2. The van der Waals surface area contributed by atoms with Gasteiger partial charge >= 0.3 is 11.9 Å². The summed E-state index contributed by atoms with van der Waals surface area (Å²) in [6, 6.07) is 9.94. The molecule has 0 unspecified atom stereocenters. The molecule has 0 atom stereocenters. The molecule has 33 heavy (non-hydrogen) atoms. The van der Waals surface area contributed by atoms with Gasteiger partial charge in [0.05, 0.1) is 29.7 Å². The van der Waals surface area contributed by atoms with Gasteiger partial charge in [-0.2, -0.15) is 19.1 Å². The third-order valence-corrected chi connectivity index (χ3v) is 5.91. The van der Waals surface area contributed by atoms with Crippen LogP contribution >= 0.6 is 0 Å². The second kappa shape index (κ2) is 7.66. The summed E-state index contributed by atoms with van der Waals surface area (Å²) in [5.74, 6) is -6.67. The Morgan fingerprint density at radius 2 is 2.00 bits per heavy atom. The Labute approximate surface area is 187 Å². The molecule has 170 valence electrons. The molecule has 2 aromatic carbocycles. The highest BCUT2D eigenvalue weighted by Gasteiger charge is 2.43. The first-order valence-electron chi connectivity index (χ1n) is 10.2. The topological polar surface area (TPSA) is 94.7 Å². The number of aromatic amines is 1. The number of aliphatic carboxylic acids is 1. The molecule has 2 aromatic heterocycles. The number of nitrogens with zero attached hydrogens (tertiary/aromatic N) is 3. The first kappa shape index (κ1) is 22.4. The molecule has 0 fully saturated rings. The largest absolute Gasteiger partial charge is 0.477 e. The van der Waals surface area contributed by atoms with Gasteiger partial charge < -0.3 is 9.67 Å². The molecule has 9 heteroatoms. The molecule has 0 amide bonds. The zero-order valence-corrected chi connectivity index (χ0v) is 18.2. The Hall–Kier alpha value is -3.80. The van der Waals surface area contributed by atoms with E-state index in [1.54, 1.807) is 49.7 Å². The molecule has 2 heterocycles. The number of rotatable bonds is 6. The number of carboxylic acid groups (broad SMARTS) is 1. The fourth-order valence-electron chi connectivity index (χ4n) is 4.29. The van der Waals surface area contributed by atoms with Crippen LogP contribution in [0, 0.1) is 24.1 Å². The molecule has 0 radical (unpaired) electrons. The number of nitriles is 1. The highest BCUT2D eigenvalue weighted by molar-refractivity contribution is 5.99. The van der Waals surface area contributed by atoms with E-state index in [9.17, 15) is 23.2 Å². The van der Waals surface area contributed by atoms with Gasteiger partial charge in [-0.3, -0.25) is 5.10 Å². The van der Waals surface area contributed by atoms with Crippen molar-refractivity contribution in [1.29, 1.82) is 5.26 Å². The van der Waals surface area contributed by atoms with Crippen molar-refractivity contribution in [3.63, 3.8) is 0 Å². The van der Waals surface area contributed by atoms with Crippen LogP contribution < -0.4 is 0 Å². The van der Waals surface area contributed by atoms with Crippen LogP contribution in [-0.2, 0) is 16.6 Å². The number of carboxylic acids is 1. The fraction of sp³-hybridized carbons (Fsp3) is 0.292. The van der Waals surface area contributed by atoms with E-state index in [1.807, 2.05) is 0 Å². The summed E-state index contributed by atoms with van der Waals surface area (Å²) >= 11 is 0. The summed E-state index contributed by atoms with van der Waals surface area (Å²) in [5, 5.41) is 26.5. The SMILES string of the molecule is Cc1cc(-n2c(C(C)(C)CC#N)c(CC(F)(F)C(=O)O)c3cc4[nH]ncc4cc32)ccc1F. The number of fused-ring (bicyclic) bond motifs is 2. The van der Waals surface area contributed by atoms with E-state index in [-0.39, 0.29) is 12.0 Å². The van der Waals surface area contributed by atoms with Crippen molar-refractivity contribution >= 4 is 27.8 Å². The predicted octanol–water partition coefficient (Wildman–Crippen LogP) is 5.41. The quantitative estimate of drug-likeness (QED) is 0.407. The second-order valence-electron chi connectivity index (χ2n) is 8.83. The maximum absolute atomic E-state index is 14.6. The number of alkyl halides is 2. The van der Waals surface area contributed by atoms with E-state index in [0.29, 0.717) is 33.4 Å². The van der Waals surface area contributed by atoms with Crippen LogP contribution in [0.2, 0.25) is 0 Å². The lowest BCUT2D eigenvalue weighted by Gasteiger charge is -2.27. The number of hydrogen-bond donors (Lipinski definition) is 2. The minimum atomic E-state index is -4.03. The first-order chi connectivity index (χ1) is 15.5. The lowest BCUT2D eigenvalue weighted by Crippen LogP contribution is -2.32. The van der Waals surface area contributed by atoms with Gasteiger partial charge in [-0.05, 0) is 48.4 Å². The monoisotopic (exact) mass is 454 g/mol. The summed E-state index contributed by atoms with van der Waals surface area (Å²) in [7, 11) is 0. The number of halogens is 3. The predicted molar refractivity (Wildman–Crippen MR) is 117 cm³/mol. The zero-order valence-electron chi connectivity index (χ0n) is 18.2. The van der Waals surface area contributed by atoms with Crippen LogP contribution in [0.5, 0.6) is 0 Å². The standard InChI is InChI=1S/C24H21F3N4O2/c1-13-8-15(4-5-18(13)25)31-20-9-14-12-29-30-19(14)10-16(20)17(11-24(26,27)22(32)33)21(31)23(2,3)6-7-28/h4-5,8-10,12H,6,11H2,1-3H3,(H,29,30)(H,32,33). The highest BCUT2D eigenvalue weighted by Crippen LogP contribution is 2.42. The van der Waals surface area contributed by atoms with E-state index in [1.165, 1.54) is 12.1 Å². The van der Waals surface area contributed by atoms with Gasteiger partial charge in [-0.15, -0.1) is 0 Å². The van der Waals surface area contributed by atoms with Gasteiger partial charge in [0.2, 0.25) is 0 Å². The van der Waals surface area contributed by atoms with Gasteiger partial charge in [-0.25, -0.2) is 9.18 Å². The van der Waals surface area contributed by atoms with E-state index < -0.39 is 29.5 Å². The van der Waals surface area contributed by atoms with Gasteiger partial charge in [0.25, 0.3) is 0 Å². The summed E-state index contributed by atoms with van der Waals surface area (Å²) < 4.78 is 44.9. The number of nitrogens with one attached hydrogen (secondary N) is 1. The molecule has 0 aliphatic heterocycles. The van der Waals surface area contributed by atoms with Crippen molar-refractivity contribution in [3.8, 4) is 11.8 Å². The smallest absolute Gasteiger partial charge is 0.374 e. The first-order valence-corrected chi connectivity index (χ1v) is 10.2. The van der Waals surface area contributed by atoms with E-state index in [4.69, 9.17) is 5.11 Å². The van der Waals surface area contributed by atoms with Crippen molar-refractivity contribution in [1.82, 2.24) is 14.8 Å². The minimum Gasteiger partial charge on any atom is -0.477 e. The summed E-state index contributed by atoms with van der Waals surface area (Å²) in [5.41, 5.74) is 1.59. The number of benzene rings is 2. The van der Waals surface area contributed by atoms with Crippen LogP contribution in [0.25, 0.3) is 27.5 Å². The maximum atomic E-state index is 14.6. The molecule has 0 bridgehead atoms. The highest BCUT2D eigenvalue weighted by atomic mass is 19.3. The number of carbonyl (C=O) groups is 1. The Balaban J connectivity index is 2.18. The van der Waals surface area contributed by atoms with Crippen molar-refractivity contribution in [2.24, 2.45) is 0 Å². The van der Waals surface area contributed by atoms with E-state index >= 15 is 0 Å². The Kier molecular flexibility index (Phi) is 5.20. The maximum Gasteiger partial charge on any atom is 0.374 e. The summed E-state index contributed by atoms with van der Waals surface area (Å²) in [6.45, 7) is 5.08. The lowest BCUT2D eigenvalue weighted by molar-refractivity contribution is -0.164. The van der Waals surface area contributed by atoms with E-state index in [2.05, 4.69) is 16.3 Å². The third kappa shape index (κ3) is 3.71. The molecule has 4 rings (SSSR count). The Bertz CT molecular complexity index is 1440. The number of H-pyrrole nitrogens is 1. The molecule has 0 aliphatic carbocycles. The van der Waals surface area contributed by atoms with Crippen molar-refractivity contribution in [3.05, 3.63) is 59.2 Å². The lowest BCUT2D eigenvalue weighted by atomic mass is 9.82. The average Bonchev–Trinajstić information content (AvgIpc) is 3.30. The van der Waals surface area contributed by atoms with E-state index in [0.717, 1.165) is 5.39 Å². The molecule has 0 saturated heterocycles. The molecule has 2 N–H and O–H groups in total. The third-order valence-electron chi connectivity index (χ3n) is 5.91. The van der Waals surface area contributed by atoms with Gasteiger partial charge in [0, 0.05) is 34.0 Å². The van der Waals surface area contributed by atoms with Crippen LogP contribution in [-0.4, -0.2) is 31.8 Å². The number of hydrogen-bond acceptors (Lipinski definition) is 3. The molecule has 0 spiro atoms. The minimum absolute atomic E-state index is 0.00539. The van der Waals surface area contributed by atoms with Crippen LogP contribution in [0.4, 0.5) is 13.2 Å². The normalized spacial score (nSPS) is 12.4. The molecule has 4 aromatic rings. The zero-order chi connectivity index (χ0) is 24.1. The molecule has 6 nitrogen and oxygen atoms in total. The van der Waals surface area contributed by atoms with Crippen molar-refractivity contribution in [2.75, 3.05) is 0 Å². The van der Waals surface area contributed by atoms with Gasteiger partial charge in [0.1, 0.15) is 5.82 Å². The Morgan fingerprint density at radius 1 is 1.27 bits per heavy atom. The fourth-order valence-corrected chi connectivity index (χ4v) is 4.29. The number of aryl methyl sites for hydroxylation is 1. The van der Waals surface area contributed by atoms with Crippen molar-refractivity contribution in [2.45, 2.75) is 45.0 Å². The Morgan fingerprint density at radius 3 is 2.64 bits per heavy atom. The molecular weight excluding hydrogens is 433 g/mol. The average molecular weight is 454 g/mol. The number of aromatic nitrogens is 3. The van der Waals surface area contributed by atoms with Gasteiger partial charge in [0.15, 0.2) is 0 Å². The summed E-state index contributed by atoms with van der Waals surface area (Å²) in [6.07, 6.45) is 0.526. The van der Waals surface area contributed by atoms with Crippen LogP contribution in [0.15, 0.2) is 36.5 Å².